The molecule has 1 heterocycles. The average molecular weight is 274 g/mol. The van der Waals surface area contributed by atoms with Crippen LogP contribution < -0.4 is 9.47 Å². The second kappa shape index (κ2) is 6.54. The Morgan fingerprint density at radius 3 is 2.90 bits per heavy atom. The summed E-state index contributed by atoms with van der Waals surface area (Å²) in [5.41, 5.74) is 0.627. The molecule has 7 heteroatoms. The molecule has 0 amide bonds. The van der Waals surface area contributed by atoms with E-state index in [-0.39, 0.29) is 13.2 Å². The van der Waals surface area contributed by atoms with Gasteiger partial charge in [0, 0.05) is 0 Å². The van der Waals surface area contributed by atoms with E-state index < -0.39 is 0 Å². The second-order valence-electron chi connectivity index (χ2n) is 3.81. The molecule has 104 valence electrons. The number of aliphatic hydroxyl groups excluding tert-OH is 1. The molecule has 20 heavy (non-hydrogen) atoms. The van der Waals surface area contributed by atoms with Crippen molar-refractivity contribution in [1.29, 1.82) is 0 Å². The molecule has 0 spiro atoms. The highest BCUT2D eigenvalue weighted by molar-refractivity contribution is 5.50. The van der Waals surface area contributed by atoms with Crippen molar-refractivity contribution < 1.29 is 14.6 Å². The van der Waals surface area contributed by atoms with E-state index in [1.165, 1.54) is 4.80 Å². The summed E-state index contributed by atoms with van der Waals surface area (Å²) in [6.45, 7) is -0.0314. The Morgan fingerprint density at radius 2 is 2.25 bits per heavy atom. The fourth-order valence-electron chi connectivity index (χ4n) is 1.52. The quantitative estimate of drug-likeness (QED) is 0.799. The first-order chi connectivity index (χ1) is 9.72. The lowest BCUT2D eigenvalue weighted by molar-refractivity contribution is 0.294. The van der Waals surface area contributed by atoms with E-state index in [9.17, 15) is 0 Å². The first-order valence-electron chi connectivity index (χ1n) is 5.86. The van der Waals surface area contributed by atoms with Crippen molar-refractivity contribution in [3.8, 4) is 23.3 Å². The van der Waals surface area contributed by atoms with Crippen LogP contribution >= 0.6 is 0 Å². The molecule has 2 rings (SSSR count). The van der Waals surface area contributed by atoms with E-state index in [0.717, 1.165) is 0 Å². The molecule has 0 aliphatic rings. The maximum Gasteiger partial charge on any atom is 0.212 e. The van der Waals surface area contributed by atoms with Crippen molar-refractivity contribution in [1.82, 2.24) is 20.2 Å². The summed E-state index contributed by atoms with van der Waals surface area (Å²) in [5, 5.41) is 20.4. The van der Waals surface area contributed by atoms with Gasteiger partial charge in [-0.3, -0.25) is 0 Å². The van der Waals surface area contributed by atoms with E-state index in [1.807, 2.05) is 0 Å². The monoisotopic (exact) mass is 274 g/mol. The predicted molar refractivity (Wildman–Crippen MR) is 70.1 cm³/mol. The van der Waals surface area contributed by atoms with Gasteiger partial charge in [-0.2, -0.15) is 4.80 Å². The van der Waals surface area contributed by atoms with Gasteiger partial charge in [0.25, 0.3) is 0 Å². The Hall–Kier alpha value is -2.59. The molecule has 0 saturated heterocycles. The highest BCUT2D eigenvalue weighted by Crippen LogP contribution is 2.23. The fraction of sp³-hybridized carbons (Fsp3) is 0.308. The Bertz CT molecular complexity index is 643. The molecule has 0 fully saturated rings. The van der Waals surface area contributed by atoms with Crippen LogP contribution in [-0.2, 0) is 13.7 Å². The maximum absolute atomic E-state index is 8.78. The van der Waals surface area contributed by atoms with Crippen LogP contribution in [0.2, 0.25) is 0 Å². The zero-order valence-electron chi connectivity index (χ0n) is 11.2. The summed E-state index contributed by atoms with van der Waals surface area (Å²) in [6, 6.07) is 5.25. The third-order valence-corrected chi connectivity index (χ3v) is 2.40. The van der Waals surface area contributed by atoms with Crippen molar-refractivity contribution in [2.45, 2.75) is 6.61 Å². The minimum absolute atomic E-state index is 0.188. The molecule has 0 atom stereocenters. The Kier molecular flexibility index (Phi) is 4.52. The van der Waals surface area contributed by atoms with Gasteiger partial charge in [-0.1, -0.05) is 11.8 Å². The SMILES string of the molecule is COc1ccc(OCc2nnn(C)n2)c(C#CCO)c1. The van der Waals surface area contributed by atoms with Crippen LogP contribution in [0, 0.1) is 11.8 Å². The molecule has 0 unspecified atom stereocenters. The molecule has 1 N–H and O–H groups in total. The van der Waals surface area contributed by atoms with E-state index in [4.69, 9.17) is 14.6 Å². The normalized spacial score (nSPS) is 9.75. The summed E-state index contributed by atoms with van der Waals surface area (Å²) >= 11 is 0. The summed E-state index contributed by atoms with van der Waals surface area (Å²) in [4.78, 5) is 1.36. The van der Waals surface area contributed by atoms with Crippen molar-refractivity contribution in [2.75, 3.05) is 13.7 Å². The van der Waals surface area contributed by atoms with Crippen LogP contribution in [0.3, 0.4) is 0 Å². The first-order valence-corrected chi connectivity index (χ1v) is 5.86. The zero-order chi connectivity index (χ0) is 14.4. The lowest BCUT2D eigenvalue weighted by atomic mass is 10.2. The van der Waals surface area contributed by atoms with Gasteiger partial charge < -0.3 is 14.6 Å². The minimum Gasteiger partial charge on any atom is -0.497 e. The molecule has 0 bridgehead atoms. The van der Waals surface area contributed by atoms with Gasteiger partial charge in [-0.05, 0) is 23.4 Å². The minimum atomic E-state index is -0.220. The van der Waals surface area contributed by atoms with Gasteiger partial charge in [0.2, 0.25) is 5.82 Å². The van der Waals surface area contributed by atoms with Crippen LogP contribution in [0.5, 0.6) is 11.5 Å². The molecular weight excluding hydrogens is 260 g/mol. The lowest BCUT2D eigenvalue weighted by Gasteiger charge is -2.08. The molecule has 1 aromatic carbocycles. The van der Waals surface area contributed by atoms with Crippen molar-refractivity contribution in [3.63, 3.8) is 0 Å². The molecule has 0 aliphatic heterocycles. The number of tetrazole rings is 1. The van der Waals surface area contributed by atoms with Crippen LogP contribution in [0.1, 0.15) is 11.4 Å². The summed E-state index contributed by atoms with van der Waals surface area (Å²) in [5.74, 6) is 7.10. The Labute approximate surface area is 116 Å². The van der Waals surface area contributed by atoms with Crippen LogP contribution in [-0.4, -0.2) is 39.0 Å². The van der Waals surface area contributed by atoms with E-state index >= 15 is 0 Å². The largest absolute Gasteiger partial charge is 0.497 e. The van der Waals surface area contributed by atoms with Crippen molar-refractivity contribution >= 4 is 0 Å². The maximum atomic E-state index is 8.78. The number of aliphatic hydroxyl groups is 1. The highest BCUT2D eigenvalue weighted by Gasteiger charge is 2.06. The number of methoxy groups -OCH3 is 1. The standard InChI is InChI=1S/C13H14N4O3/c1-17-15-13(14-16-17)9-20-12-6-5-11(19-2)8-10(12)4-3-7-18/h5-6,8,18H,7,9H2,1-2H3. The number of rotatable bonds is 4. The lowest BCUT2D eigenvalue weighted by Crippen LogP contribution is -2.00. The highest BCUT2D eigenvalue weighted by atomic mass is 16.5. The molecule has 0 saturated carbocycles. The molecule has 7 nitrogen and oxygen atoms in total. The second-order valence-corrected chi connectivity index (χ2v) is 3.81. The first kappa shape index (κ1) is 13.8. The van der Waals surface area contributed by atoms with E-state index in [1.54, 1.807) is 32.4 Å². The van der Waals surface area contributed by atoms with Gasteiger partial charge in [0.05, 0.1) is 19.7 Å². The Balaban J connectivity index is 2.17. The zero-order valence-corrected chi connectivity index (χ0v) is 11.2. The third kappa shape index (κ3) is 3.46. The predicted octanol–water partition coefficient (Wildman–Crippen LogP) is 0.142. The third-order valence-electron chi connectivity index (χ3n) is 2.40. The van der Waals surface area contributed by atoms with Gasteiger partial charge in [0.1, 0.15) is 18.1 Å². The fourth-order valence-corrected chi connectivity index (χ4v) is 1.52. The number of aryl methyl sites for hydroxylation is 1. The number of ether oxygens (including phenoxy) is 2. The molecule has 1 aromatic heterocycles. The van der Waals surface area contributed by atoms with Crippen molar-refractivity contribution in [2.24, 2.45) is 7.05 Å². The molecular formula is C13H14N4O3. The van der Waals surface area contributed by atoms with Crippen molar-refractivity contribution in [3.05, 3.63) is 29.6 Å². The summed E-state index contributed by atoms with van der Waals surface area (Å²) in [7, 11) is 3.25. The average Bonchev–Trinajstić information content (AvgIpc) is 2.89. The Morgan fingerprint density at radius 1 is 1.40 bits per heavy atom. The number of benzene rings is 1. The molecule has 0 radical (unpaired) electrons. The van der Waals surface area contributed by atoms with Gasteiger partial charge >= 0.3 is 0 Å². The van der Waals surface area contributed by atoms with Gasteiger partial charge in [-0.15, -0.1) is 10.2 Å². The molecule has 0 aliphatic carbocycles. The van der Waals surface area contributed by atoms with Crippen LogP contribution in [0.4, 0.5) is 0 Å². The van der Waals surface area contributed by atoms with Crippen LogP contribution in [0.25, 0.3) is 0 Å². The number of hydrogen-bond donors (Lipinski definition) is 1. The van der Waals surface area contributed by atoms with Gasteiger partial charge in [0.15, 0.2) is 6.61 Å². The number of aromatic nitrogens is 4. The number of nitrogens with zero attached hydrogens (tertiary/aromatic N) is 4. The van der Waals surface area contributed by atoms with E-state index in [0.29, 0.717) is 22.9 Å². The summed E-state index contributed by atoms with van der Waals surface area (Å²) in [6.07, 6.45) is 0. The summed E-state index contributed by atoms with van der Waals surface area (Å²) < 4.78 is 10.7. The topological polar surface area (TPSA) is 82.3 Å². The number of hydrogen-bond acceptors (Lipinski definition) is 6. The van der Waals surface area contributed by atoms with Gasteiger partial charge in [-0.25, -0.2) is 0 Å². The van der Waals surface area contributed by atoms with E-state index in [2.05, 4.69) is 27.3 Å². The van der Waals surface area contributed by atoms with Crippen LogP contribution in [0.15, 0.2) is 18.2 Å². The molecule has 2 aromatic rings. The smallest absolute Gasteiger partial charge is 0.212 e.